The molecule has 0 N–H and O–H groups in total. The summed E-state index contributed by atoms with van der Waals surface area (Å²) in [4.78, 5) is 0. The highest BCUT2D eigenvalue weighted by Crippen LogP contribution is 2.40. The molecule has 14 heavy (non-hydrogen) atoms. The van der Waals surface area contributed by atoms with Crippen LogP contribution in [-0.2, 0) is 10.3 Å². The van der Waals surface area contributed by atoms with E-state index in [9.17, 15) is 0 Å². The van der Waals surface area contributed by atoms with Crippen LogP contribution in [-0.4, -0.2) is 15.0 Å². The standard InChI is InChI=1S/C7H9Cl4N3/c1-2-3-4-14-6(8)5(12-13-14)7(9,10)11/h2-4H2,1H3. The molecule has 0 aromatic carbocycles. The molecule has 80 valence electrons. The third-order valence-electron chi connectivity index (χ3n) is 1.67. The number of aryl methyl sites for hydroxylation is 1. The van der Waals surface area contributed by atoms with Gasteiger partial charge in [-0.2, -0.15) is 0 Å². The fourth-order valence-corrected chi connectivity index (χ4v) is 1.75. The molecular weight excluding hydrogens is 268 g/mol. The van der Waals surface area contributed by atoms with Crippen molar-refractivity contribution in [3.8, 4) is 0 Å². The van der Waals surface area contributed by atoms with E-state index in [4.69, 9.17) is 46.4 Å². The summed E-state index contributed by atoms with van der Waals surface area (Å²) in [6, 6.07) is 0. The SMILES string of the molecule is CCCCn1nnc(C(Cl)(Cl)Cl)c1Cl. The highest BCUT2D eigenvalue weighted by atomic mass is 35.6. The van der Waals surface area contributed by atoms with Crippen LogP contribution in [0.4, 0.5) is 0 Å². The minimum atomic E-state index is -1.61. The third-order valence-corrected chi connectivity index (χ3v) is 2.58. The number of alkyl halides is 3. The van der Waals surface area contributed by atoms with Crippen molar-refractivity contribution in [1.29, 1.82) is 0 Å². The lowest BCUT2D eigenvalue weighted by Crippen LogP contribution is -2.03. The van der Waals surface area contributed by atoms with E-state index >= 15 is 0 Å². The van der Waals surface area contributed by atoms with Crippen LogP contribution in [0, 0.1) is 0 Å². The molecule has 7 heteroatoms. The lowest BCUT2D eigenvalue weighted by atomic mass is 10.3. The van der Waals surface area contributed by atoms with Crippen molar-refractivity contribution in [3.63, 3.8) is 0 Å². The van der Waals surface area contributed by atoms with Crippen molar-refractivity contribution in [2.24, 2.45) is 0 Å². The molecule has 0 atom stereocenters. The van der Waals surface area contributed by atoms with Gasteiger partial charge in [-0.25, -0.2) is 4.68 Å². The van der Waals surface area contributed by atoms with E-state index in [1.165, 1.54) is 4.68 Å². The summed E-state index contributed by atoms with van der Waals surface area (Å²) in [7, 11) is 0. The number of rotatable bonds is 3. The molecule has 0 aliphatic rings. The topological polar surface area (TPSA) is 30.7 Å². The second-order valence-electron chi connectivity index (χ2n) is 2.80. The zero-order chi connectivity index (χ0) is 10.8. The fourth-order valence-electron chi connectivity index (χ4n) is 0.926. The van der Waals surface area contributed by atoms with Crippen molar-refractivity contribution in [3.05, 3.63) is 10.8 Å². The first kappa shape index (κ1) is 12.4. The molecule has 1 aromatic heterocycles. The van der Waals surface area contributed by atoms with Gasteiger partial charge in [-0.15, -0.1) is 5.10 Å². The molecule has 0 saturated carbocycles. The van der Waals surface area contributed by atoms with Crippen molar-refractivity contribution in [2.75, 3.05) is 0 Å². The predicted molar refractivity (Wildman–Crippen MR) is 59.2 cm³/mol. The van der Waals surface area contributed by atoms with Gasteiger partial charge in [0.15, 0.2) is 10.8 Å². The smallest absolute Gasteiger partial charge is 0.233 e. The zero-order valence-corrected chi connectivity index (χ0v) is 10.5. The molecule has 0 amide bonds. The first-order valence-electron chi connectivity index (χ1n) is 4.13. The van der Waals surface area contributed by atoms with Crippen LogP contribution in [0.1, 0.15) is 25.5 Å². The van der Waals surface area contributed by atoms with Gasteiger partial charge in [0.05, 0.1) is 0 Å². The summed E-state index contributed by atoms with van der Waals surface area (Å²) in [6.07, 6.45) is 2.00. The normalized spacial score (nSPS) is 12.1. The summed E-state index contributed by atoms with van der Waals surface area (Å²) in [5, 5.41) is 7.82. The highest BCUT2D eigenvalue weighted by Gasteiger charge is 2.31. The number of halogens is 4. The number of hydrogen-bond acceptors (Lipinski definition) is 2. The van der Waals surface area contributed by atoms with E-state index in [0.29, 0.717) is 11.7 Å². The van der Waals surface area contributed by atoms with Crippen LogP contribution in [0.5, 0.6) is 0 Å². The Morgan fingerprint density at radius 3 is 2.43 bits per heavy atom. The molecule has 0 saturated heterocycles. The summed E-state index contributed by atoms with van der Waals surface area (Å²) < 4.78 is -0.0795. The Hall–Kier alpha value is 0.300. The first-order valence-corrected chi connectivity index (χ1v) is 5.64. The summed E-state index contributed by atoms with van der Waals surface area (Å²) in [5.41, 5.74) is 0.181. The van der Waals surface area contributed by atoms with Gasteiger partial charge >= 0.3 is 0 Å². The van der Waals surface area contributed by atoms with Crippen molar-refractivity contribution < 1.29 is 0 Å². The molecule has 0 unspecified atom stereocenters. The Morgan fingerprint density at radius 2 is 2.00 bits per heavy atom. The maximum Gasteiger partial charge on any atom is 0.237 e. The van der Waals surface area contributed by atoms with Crippen molar-refractivity contribution >= 4 is 46.4 Å². The summed E-state index contributed by atoms with van der Waals surface area (Å²) in [6.45, 7) is 2.75. The molecule has 3 nitrogen and oxygen atoms in total. The summed E-state index contributed by atoms with van der Waals surface area (Å²) >= 11 is 22.9. The minimum Gasteiger partial charge on any atom is -0.233 e. The van der Waals surface area contributed by atoms with E-state index in [0.717, 1.165) is 12.8 Å². The molecule has 0 radical (unpaired) electrons. The molecule has 0 fully saturated rings. The molecule has 1 heterocycles. The van der Waals surface area contributed by atoms with Gasteiger partial charge in [0.2, 0.25) is 3.79 Å². The Morgan fingerprint density at radius 1 is 1.36 bits per heavy atom. The maximum atomic E-state index is 5.93. The fraction of sp³-hybridized carbons (Fsp3) is 0.714. The molecular formula is C7H9Cl4N3. The quantitative estimate of drug-likeness (QED) is 0.791. The lowest BCUT2D eigenvalue weighted by molar-refractivity contribution is 0.553. The lowest BCUT2D eigenvalue weighted by Gasteiger charge is -2.06. The third kappa shape index (κ3) is 2.89. The van der Waals surface area contributed by atoms with E-state index in [-0.39, 0.29) is 5.69 Å². The number of aromatic nitrogens is 3. The largest absolute Gasteiger partial charge is 0.237 e. The maximum absolute atomic E-state index is 5.93. The van der Waals surface area contributed by atoms with E-state index in [1.54, 1.807) is 0 Å². The minimum absolute atomic E-state index is 0.181. The summed E-state index contributed by atoms with van der Waals surface area (Å²) in [5.74, 6) is 0. The van der Waals surface area contributed by atoms with Crippen LogP contribution < -0.4 is 0 Å². The number of unbranched alkanes of at least 4 members (excludes halogenated alkanes) is 1. The number of nitrogens with zero attached hydrogens (tertiary/aromatic N) is 3. The zero-order valence-electron chi connectivity index (χ0n) is 7.47. The Kier molecular flexibility index (Phi) is 4.31. The Balaban J connectivity index is 2.86. The second-order valence-corrected chi connectivity index (χ2v) is 5.44. The highest BCUT2D eigenvalue weighted by molar-refractivity contribution is 6.67. The predicted octanol–water partition coefficient (Wildman–Crippen LogP) is 3.56. The Labute approximate surface area is 102 Å². The number of hydrogen-bond donors (Lipinski definition) is 0. The van der Waals surface area contributed by atoms with Gasteiger partial charge in [-0.1, -0.05) is 65.0 Å². The van der Waals surface area contributed by atoms with Crippen LogP contribution in [0.25, 0.3) is 0 Å². The molecule has 1 aromatic rings. The Bertz CT molecular complexity index is 304. The van der Waals surface area contributed by atoms with Crippen LogP contribution in [0.3, 0.4) is 0 Å². The second kappa shape index (κ2) is 4.88. The van der Waals surface area contributed by atoms with Gasteiger partial charge in [0, 0.05) is 6.54 Å². The monoisotopic (exact) mass is 275 g/mol. The molecule has 0 spiro atoms. The average molecular weight is 277 g/mol. The molecule has 0 aliphatic carbocycles. The van der Waals surface area contributed by atoms with Gasteiger partial charge in [0.25, 0.3) is 0 Å². The van der Waals surface area contributed by atoms with Gasteiger partial charge in [-0.3, -0.25) is 0 Å². The molecule has 0 aliphatic heterocycles. The van der Waals surface area contributed by atoms with Crippen LogP contribution >= 0.6 is 46.4 Å². The van der Waals surface area contributed by atoms with Gasteiger partial charge in [-0.05, 0) is 6.42 Å². The van der Waals surface area contributed by atoms with E-state index < -0.39 is 3.79 Å². The first-order chi connectivity index (χ1) is 6.46. The average Bonchev–Trinajstić information content (AvgIpc) is 2.42. The van der Waals surface area contributed by atoms with Crippen LogP contribution in [0.2, 0.25) is 5.15 Å². The van der Waals surface area contributed by atoms with E-state index in [1.807, 2.05) is 0 Å². The van der Waals surface area contributed by atoms with Crippen molar-refractivity contribution in [2.45, 2.75) is 30.1 Å². The van der Waals surface area contributed by atoms with Gasteiger partial charge < -0.3 is 0 Å². The van der Waals surface area contributed by atoms with Crippen LogP contribution in [0.15, 0.2) is 0 Å². The van der Waals surface area contributed by atoms with E-state index in [2.05, 4.69) is 17.2 Å². The molecule has 0 bridgehead atoms. The molecule has 1 rings (SSSR count). The van der Waals surface area contributed by atoms with Gasteiger partial charge in [0.1, 0.15) is 0 Å². The van der Waals surface area contributed by atoms with Crippen molar-refractivity contribution in [1.82, 2.24) is 15.0 Å².